The first-order chi connectivity index (χ1) is 16.5. The molecule has 1 fully saturated rings. The van der Waals surface area contributed by atoms with Gasteiger partial charge in [-0.1, -0.05) is 19.4 Å². The summed E-state index contributed by atoms with van der Waals surface area (Å²) in [6.45, 7) is 2.61. The Morgan fingerprint density at radius 1 is 1.20 bits per heavy atom. The van der Waals surface area contributed by atoms with E-state index in [2.05, 4.69) is 15.7 Å². The fraction of sp³-hybridized carbons (Fsp3) is 0.348. The van der Waals surface area contributed by atoms with Gasteiger partial charge in [0.15, 0.2) is 0 Å². The second-order valence-electron chi connectivity index (χ2n) is 8.63. The molecule has 0 unspecified atom stereocenters. The quantitative estimate of drug-likeness (QED) is 0.449. The molecule has 0 saturated carbocycles. The summed E-state index contributed by atoms with van der Waals surface area (Å²) in [5.74, 6) is -1.85. The summed E-state index contributed by atoms with van der Waals surface area (Å²) in [5, 5.41) is 10.0. The molecule has 2 aromatic heterocycles. The number of carbonyl (C=O) groups is 2. The molecule has 1 aromatic carbocycles. The number of aromatic nitrogens is 2. The number of hydrogen-bond acceptors (Lipinski definition) is 6. The van der Waals surface area contributed by atoms with Crippen molar-refractivity contribution in [2.24, 2.45) is 11.7 Å². The summed E-state index contributed by atoms with van der Waals surface area (Å²) in [6.07, 6.45) is 4.94. The summed E-state index contributed by atoms with van der Waals surface area (Å²) in [6, 6.07) is 5.77. The summed E-state index contributed by atoms with van der Waals surface area (Å²) in [7, 11) is -1.94. The third-order valence-corrected chi connectivity index (χ3v) is 7.64. The van der Waals surface area contributed by atoms with Crippen LogP contribution >= 0.6 is 0 Å². The van der Waals surface area contributed by atoms with E-state index in [0.29, 0.717) is 28.9 Å². The predicted molar refractivity (Wildman–Crippen MR) is 130 cm³/mol. The van der Waals surface area contributed by atoms with Crippen LogP contribution in [0.15, 0.2) is 36.7 Å². The largest absolute Gasteiger partial charge is 0.378 e. The predicted octanol–water partition coefficient (Wildman–Crippen LogP) is 1.68. The Hall–Kier alpha value is -3.51. The molecular weight excluding hydrogens is 475 g/mol. The van der Waals surface area contributed by atoms with Gasteiger partial charge in [-0.25, -0.2) is 17.3 Å². The number of fused-ring (bicyclic) bond motifs is 1. The lowest BCUT2D eigenvalue weighted by Gasteiger charge is -2.21. The average molecular weight is 503 g/mol. The van der Waals surface area contributed by atoms with Gasteiger partial charge in [-0.3, -0.25) is 9.59 Å². The molecule has 0 aliphatic carbocycles. The zero-order valence-electron chi connectivity index (χ0n) is 19.6. The number of primary amides is 1. The fourth-order valence-corrected chi connectivity index (χ4v) is 5.33. The van der Waals surface area contributed by atoms with Gasteiger partial charge in [0.25, 0.3) is 11.8 Å². The summed E-state index contributed by atoms with van der Waals surface area (Å²) in [4.78, 5) is 24.0. The van der Waals surface area contributed by atoms with E-state index in [0.717, 1.165) is 6.42 Å². The van der Waals surface area contributed by atoms with E-state index in [1.54, 1.807) is 22.8 Å². The number of nitrogens with two attached hydrogens (primary N) is 1. The van der Waals surface area contributed by atoms with E-state index in [9.17, 15) is 22.4 Å². The molecule has 35 heavy (non-hydrogen) atoms. The number of rotatable bonds is 7. The van der Waals surface area contributed by atoms with E-state index < -0.39 is 27.7 Å². The van der Waals surface area contributed by atoms with Gasteiger partial charge >= 0.3 is 0 Å². The first kappa shape index (κ1) is 24.6. The van der Waals surface area contributed by atoms with E-state index in [-0.39, 0.29) is 29.6 Å². The van der Waals surface area contributed by atoms with Crippen LogP contribution < -0.4 is 16.4 Å². The van der Waals surface area contributed by atoms with Gasteiger partial charge < -0.3 is 16.4 Å². The van der Waals surface area contributed by atoms with Crippen molar-refractivity contribution >= 4 is 33.0 Å². The van der Waals surface area contributed by atoms with Crippen LogP contribution in [0.5, 0.6) is 0 Å². The molecule has 1 aliphatic heterocycles. The Morgan fingerprint density at radius 3 is 2.54 bits per heavy atom. The topological polar surface area (TPSA) is 139 Å². The smallest absolute Gasteiger partial charge is 0.253 e. The normalized spacial score (nSPS) is 18.6. The van der Waals surface area contributed by atoms with Crippen LogP contribution in [-0.4, -0.2) is 66.6 Å². The summed E-state index contributed by atoms with van der Waals surface area (Å²) < 4.78 is 41.7. The van der Waals surface area contributed by atoms with Gasteiger partial charge in [0.05, 0.1) is 34.8 Å². The molecule has 1 aliphatic rings. The van der Waals surface area contributed by atoms with Crippen molar-refractivity contribution < 1.29 is 22.4 Å². The maximum Gasteiger partial charge on any atom is 0.253 e. The number of halogens is 1. The molecule has 3 aromatic rings. The monoisotopic (exact) mass is 502 g/mol. The number of sulfonamides is 1. The first-order valence-electron chi connectivity index (χ1n) is 11.1. The number of hydrogen-bond donors (Lipinski definition) is 3. The molecule has 12 heteroatoms. The average Bonchev–Trinajstić information content (AvgIpc) is 3.42. The molecule has 2 amide bonds. The standard InChI is InChI=1S/C23H27FN6O4S/c1-4-13-10-29(35(3,33)34)12-19(13)28-21-17(22(25)31)9-27-30-11-15(8-20(21)30)14-5-6-16(18(24)7-14)23(32)26-2/h5-9,11,13,19,28H,4,10,12H2,1-3H3,(H2,25,31)(H,26,32)/t13-,19-/m1/s1. The summed E-state index contributed by atoms with van der Waals surface area (Å²) >= 11 is 0. The molecule has 1 saturated heterocycles. The van der Waals surface area contributed by atoms with Gasteiger partial charge in [0.2, 0.25) is 10.0 Å². The highest BCUT2D eigenvalue weighted by atomic mass is 32.2. The molecule has 0 bridgehead atoms. The van der Waals surface area contributed by atoms with Crippen molar-refractivity contribution in [2.45, 2.75) is 19.4 Å². The zero-order valence-corrected chi connectivity index (χ0v) is 20.4. The lowest BCUT2D eigenvalue weighted by Crippen LogP contribution is -2.32. The van der Waals surface area contributed by atoms with E-state index >= 15 is 0 Å². The van der Waals surface area contributed by atoms with Gasteiger partial charge in [-0.2, -0.15) is 9.40 Å². The van der Waals surface area contributed by atoms with E-state index in [1.807, 2.05) is 6.92 Å². The Labute approximate surface area is 202 Å². The lowest BCUT2D eigenvalue weighted by molar-refractivity contribution is 0.0957. The highest BCUT2D eigenvalue weighted by Gasteiger charge is 2.36. The maximum absolute atomic E-state index is 14.6. The van der Waals surface area contributed by atoms with Crippen LogP contribution in [0.2, 0.25) is 0 Å². The second kappa shape index (κ2) is 9.27. The van der Waals surface area contributed by atoms with E-state index in [1.165, 1.54) is 35.9 Å². The van der Waals surface area contributed by atoms with Crippen LogP contribution in [0.1, 0.15) is 34.1 Å². The van der Waals surface area contributed by atoms with Crippen molar-refractivity contribution in [3.8, 4) is 11.1 Å². The molecular formula is C23H27FN6O4S. The van der Waals surface area contributed by atoms with Crippen LogP contribution in [0.25, 0.3) is 16.6 Å². The van der Waals surface area contributed by atoms with Crippen LogP contribution in [0.4, 0.5) is 10.1 Å². The molecule has 2 atom stereocenters. The van der Waals surface area contributed by atoms with Crippen LogP contribution in [0, 0.1) is 11.7 Å². The number of nitrogens with zero attached hydrogens (tertiary/aromatic N) is 3. The molecule has 4 rings (SSSR count). The van der Waals surface area contributed by atoms with Gasteiger partial charge in [-0.15, -0.1) is 0 Å². The van der Waals surface area contributed by atoms with Crippen molar-refractivity contribution in [2.75, 3.05) is 31.7 Å². The number of anilines is 1. The Morgan fingerprint density at radius 2 is 1.94 bits per heavy atom. The Kier molecular flexibility index (Phi) is 6.52. The van der Waals surface area contributed by atoms with Gasteiger partial charge in [0, 0.05) is 37.9 Å². The number of nitrogens with one attached hydrogen (secondary N) is 2. The van der Waals surface area contributed by atoms with Crippen molar-refractivity contribution in [1.82, 2.24) is 19.2 Å². The maximum atomic E-state index is 14.6. The summed E-state index contributed by atoms with van der Waals surface area (Å²) in [5.41, 5.74) is 7.80. The second-order valence-corrected chi connectivity index (χ2v) is 10.6. The molecule has 0 spiro atoms. The molecule has 186 valence electrons. The minimum atomic E-state index is -3.37. The van der Waals surface area contributed by atoms with Gasteiger partial charge in [-0.05, 0) is 29.7 Å². The first-order valence-corrected chi connectivity index (χ1v) is 12.9. The molecule has 0 radical (unpaired) electrons. The minimum absolute atomic E-state index is 0.0273. The Bertz CT molecular complexity index is 1420. The number of amides is 2. The third-order valence-electron chi connectivity index (χ3n) is 6.41. The van der Waals surface area contributed by atoms with Crippen molar-refractivity contribution in [1.29, 1.82) is 0 Å². The Balaban J connectivity index is 1.76. The molecule has 4 N–H and O–H groups in total. The molecule has 3 heterocycles. The van der Waals surface area contributed by atoms with Gasteiger partial charge in [0.1, 0.15) is 5.82 Å². The fourth-order valence-electron chi connectivity index (χ4n) is 4.43. The minimum Gasteiger partial charge on any atom is -0.378 e. The van der Waals surface area contributed by atoms with Crippen LogP contribution in [-0.2, 0) is 10.0 Å². The highest BCUT2D eigenvalue weighted by molar-refractivity contribution is 7.88. The molecule has 10 nitrogen and oxygen atoms in total. The lowest BCUT2D eigenvalue weighted by atomic mass is 10.00. The number of carbonyl (C=O) groups excluding carboxylic acids is 2. The van der Waals surface area contributed by atoms with Crippen molar-refractivity contribution in [3.05, 3.63) is 53.6 Å². The van der Waals surface area contributed by atoms with Crippen molar-refractivity contribution in [3.63, 3.8) is 0 Å². The highest BCUT2D eigenvalue weighted by Crippen LogP contribution is 2.32. The SMILES string of the molecule is CC[C@@H]1CN(S(C)(=O)=O)C[C@H]1Nc1c(C(N)=O)cnn2cc(-c3ccc(C(=O)NC)c(F)c3)cc12. The zero-order chi connectivity index (χ0) is 25.5. The van der Waals surface area contributed by atoms with Crippen LogP contribution in [0.3, 0.4) is 0 Å². The number of benzene rings is 1. The van der Waals surface area contributed by atoms with E-state index in [4.69, 9.17) is 5.73 Å². The third kappa shape index (κ3) is 4.71.